The number of nitrogens with one attached hydrogen (secondary N) is 1. The third-order valence-electron chi connectivity index (χ3n) is 5.32. The zero-order valence-electron chi connectivity index (χ0n) is 17.5. The highest BCUT2D eigenvalue weighted by atomic mass is 16.2. The molecular formula is C23H26N6O. The lowest BCUT2D eigenvalue weighted by Crippen LogP contribution is -2.37. The number of hydrogen-bond acceptors (Lipinski definition) is 4. The zero-order valence-corrected chi connectivity index (χ0v) is 17.5. The predicted molar refractivity (Wildman–Crippen MR) is 114 cm³/mol. The third kappa shape index (κ3) is 3.99. The lowest BCUT2D eigenvalue weighted by molar-refractivity contribution is 0.0922. The number of rotatable bonds is 7. The Morgan fingerprint density at radius 3 is 2.57 bits per heavy atom. The first kappa shape index (κ1) is 19.9. The van der Waals surface area contributed by atoms with Gasteiger partial charge in [-0.1, -0.05) is 12.1 Å². The average molecular weight is 403 g/mol. The van der Waals surface area contributed by atoms with Crippen molar-refractivity contribution in [3.63, 3.8) is 0 Å². The lowest BCUT2D eigenvalue weighted by Gasteiger charge is -2.17. The van der Waals surface area contributed by atoms with Gasteiger partial charge < -0.3 is 5.32 Å². The van der Waals surface area contributed by atoms with E-state index in [1.54, 1.807) is 18.3 Å². The molecule has 7 nitrogen and oxygen atoms in total. The Labute approximate surface area is 176 Å². The van der Waals surface area contributed by atoms with Crippen LogP contribution in [0.4, 0.5) is 0 Å². The van der Waals surface area contributed by atoms with Crippen LogP contribution in [-0.2, 0) is 6.54 Å². The summed E-state index contributed by atoms with van der Waals surface area (Å²) in [5.74, 6) is 0.253. The van der Waals surface area contributed by atoms with Gasteiger partial charge in [0.05, 0.1) is 23.9 Å². The summed E-state index contributed by atoms with van der Waals surface area (Å²) in [7, 11) is 0. The first-order valence-corrected chi connectivity index (χ1v) is 10.4. The molecular weight excluding hydrogens is 376 g/mol. The monoisotopic (exact) mass is 402 g/mol. The quantitative estimate of drug-likeness (QED) is 0.649. The van der Waals surface area contributed by atoms with Crippen LogP contribution in [0.15, 0.2) is 42.7 Å². The molecule has 3 aromatic rings. The van der Waals surface area contributed by atoms with Crippen molar-refractivity contribution in [2.75, 3.05) is 0 Å². The minimum Gasteiger partial charge on any atom is -0.346 e. The topological polar surface area (TPSA) is 88.5 Å². The van der Waals surface area contributed by atoms with Crippen LogP contribution >= 0.6 is 0 Å². The molecule has 0 bridgehead atoms. The van der Waals surface area contributed by atoms with E-state index >= 15 is 0 Å². The van der Waals surface area contributed by atoms with Crippen molar-refractivity contribution < 1.29 is 4.79 Å². The van der Waals surface area contributed by atoms with Crippen LogP contribution < -0.4 is 5.32 Å². The Balaban J connectivity index is 1.69. The van der Waals surface area contributed by atoms with Gasteiger partial charge in [0.1, 0.15) is 5.69 Å². The molecule has 1 fully saturated rings. The number of benzene rings is 1. The summed E-state index contributed by atoms with van der Waals surface area (Å²) < 4.78 is 3.66. The molecule has 1 saturated carbocycles. The van der Waals surface area contributed by atoms with Crippen LogP contribution in [0.2, 0.25) is 0 Å². The van der Waals surface area contributed by atoms with Crippen molar-refractivity contribution >= 4 is 5.91 Å². The van der Waals surface area contributed by atoms with E-state index in [0.29, 0.717) is 23.7 Å². The van der Waals surface area contributed by atoms with Crippen LogP contribution in [-0.4, -0.2) is 31.5 Å². The fourth-order valence-corrected chi connectivity index (χ4v) is 3.75. The maximum atomic E-state index is 13.4. The Kier molecular flexibility index (Phi) is 5.40. The molecule has 2 aromatic heterocycles. The zero-order chi connectivity index (χ0) is 21.3. The highest BCUT2D eigenvalue weighted by Gasteiger charge is 2.36. The number of nitriles is 1. The smallest absolute Gasteiger partial charge is 0.270 e. The van der Waals surface area contributed by atoms with Crippen LogP contribution in [0.25, 0.3) is 11.3 Å². The first-order valence-electron chi connectivity index (χ1n) is 10.4. The molecule has 0 saturated heterocycles. The van der Waals surface area contributed by atoms with Gasteiger partial charge in [0, 0.05) is 35.6 Å². The summed E-state index contributed by atoms with van der Waals surface area (Å²) in [5.41, 5.74) is 4.08. The molecule has 30 heavy (non-hydrogen) atoms. The van der Waals surface area contributed by atoms with Gasteiger partial charge in [0.15, 0.2) is 0 Å². The fraction of sp³-hybridized carbons (Fsp3) is 0.391. The van der Waals surface area contributed by atoms with E-state index in [1.807, 2.05) is 54.5 Å². The fourth-order valence-electron chi connectivity index (χ4n) is 3.75. The Morgan fingerprint density at radius 1 is 1.27 bits per heavy atom. The summed E-state index contributed by atoms with van der Waals surface area (Å²) in [4.78, 5) is 13.4. The van der Waals surface area contributed by atoms with Gasteiger partial charge in [-0.2, -0.15) is 15.5 Å². The van der Waals surface area contributed by atoms with Crippen LogP contribution in [0, 0.1) is 11.3 Å². The van der Waals surface area contributed by atoms with Gasteiger partial charge in [-0.05, 0) is 57.7 Å². The van der Waals surface area contributed by atoms with E-state index in [1.165, 1.54) is 0 Å². The van der Waals surface area contributed by atoms with Gasteiger partial charge in [0.2, 0.25) is 0 Å². The summed E-state index contributed by atoms with van der Waals surface area (Å²) in [5, 5.41) is 21.3. The van der Waals surface area contributed by atoms with E-state index in [2.05, 4.69) is 16.5 Å². The van der Waals surface area contributed by atoms with Crippen molar-refractivity contribution in [2.24, 2.45) is 0 Å². The van der Waals surface area contributed by atoms with Crippen molar-refractivity contribution in [3.05, 3.63) is 59.5 Å². The minimum atomic E-state index is -0.0994. The normalized spacial score (nSPS) is 14.5. The molecule has 7 heteroatoms. The second kappa shape index (κ2) is 8.15. The van der Waals surface area contributed by atoms with Crippen LogP contribution in [0.3, 0.4) is 0 Å². The van der Waals surface area contributed by atoms with E-state index in [9.17, 15) is 4.79 Å². The Morgan fingerprint density at radius 2 is 2.00 bits per heavy atom. The second-order valence-corrected chi connectivity index (χ2v) is 8.22. The molecule has 1 N–H and O–H groups in total. The first-order chi connectivity index (χ1) is 14.5. The van der Waals surface area contributed by atoms with Gasteiger partial charge in [-0.3, -0.25) is 14.2 Å². The molecule has 1 aliphatic carbocycles. The van der Waals surface area contributed by atoms with Gasteiger partial charge >= 0.3 is 0 Å². The summed E-state index contributed by atoms with van der Waals surface area (Å²) in [6.45, 7) is 6.66. The molecule has 1 atom stereocenters. The van der Waals surface area contributed by atoms with Crippen molar-refractivity contribution in [1.29, 1.82) is 5.26 Å². The number of carbonyl (C=O) groups excluding carboxylic acids is 1. The Hall–Kier alpha value is -3.40. The van der Waals surface area contributed by atoms with E-state index in [0.717, 1.165) is 29.7 Å². The van der Waals surface area contributed by atoms with Crippen LogP contribution in [0.5, 0.6) is 0 Å². The molecule has 1 amide bonds. The Bertz CT molecular complexity index is 1070. The number of nitrogens with zero attached hydrogens (tertiary/aromatic N) is 5. The highest BCUT2D eigenvalue weighted by molar-refractivity contribution is 5.96. The minimum absolute atomic E-state index is 0.0526. The predicted octanol–water partition coefficient (Wildman–Crippen LogP) is 3.90. The molecule has 2 heterocycles. The molecule has 154 valence electrons. The van der Waals surface area contributed by atoms with E-state index < -0.39 is 0 Å². The van der Waals surface area contributed by atoms with Crippen molar-refractivity contribution in [2.45, 2.75) is 58.2 Å². The molecule has 0 spiro atoms. The number of carbonyl (C=O) groups is 1. The number of amides is 1. The van der Waals surface area contributed by atoms with Gasteiger partial charge in [-0.15, -0.1) is 0 Å². The molecule has 0 aliphatic heterocycles. The van der Waals surface area contributed by atoms with Crippen molar-refractivity contribution in [1.82, 2.24) is 24.9 Å². The van der Waals surface area contributed by atoms with Crippen molar-refractivity contribution in [3.8, 4) is 17.3 Å². The maximum Gasteiger partial charge on any atom is 0.270 e. The maximum absolute atomic E-state index is 13.4. The molecule has 1 aromatic carbocycles. The number of aromatic nitrogens is 4. The van der Waals surface area contributed by atoms with E-state index in [-0.39, 0.29) is 18.0 Å². The summed E-state index contributed by atoms with van der Waals surface area (Å²) >= 11 is 0. The van der Waals surface area contributed by atoms with Gasteiger partial charge in [-0.25, -0.2) is 0 Å². The van der Waals surface area contributed by atoms with Gasteiger partial charge in [0.25, 0.3) is 5.91 Å². The molecule has 1 aliphatic rings. The SMILES string of the molecule is CC(Cn1cccn1)NC(=O)c1c(C2CC2)c(-c2ccc(C#N)cc2)nn1C(C)C. The molecule has 1 unspecified atom stereocenters. The average Bonchev–Trinajstić information content (AvgIpc) is 3.28. The lowest BCUT2D eigenvalue weighted by atomic mass is 10.0. The summed E-state index contributed by atoms with van der Waals surface area (Å²) in [6, 6.07) is 11.4. The summed E-state index contributed by atoms with van der Waals surface area (Å²) in [6.07, 6.45) is 5.75. The third-order valence-corrected chi connectivity index (χ3v) is 5.32. The number of hydrogen-bond donors (Lipinski definition) is 1. The second-order valence-electron chi connectivity index (χ2n) is 8.22. The molecule has 0 radical (unpaired) electrons. The van der Waals surface area contributed by atoms with Crippen LogP contribution in [0.1, 0.15) is 67.2 Å². The van der Waals surface area contributed by atoms with E-state index in [4.69, 9.17) is 10.4 Å². The highest BCUT2D eigenvalue weighted by Crippen LogP contribution is 2.46. The standard InChI is InChI=1S/C23H26N6O/c1-15(2)29-22(23(30)26-16(3)14-28-12-4-11-25-28)20(18-9-10-18)21(27-29)19-7-5-17(13-24)6-8-19/h4-8,11-12,15-16,18H,9-10,14H2,1-3H3,(H,26,30). The largest absolute Gasteiger partial charge is 0.346 e. The molecule has 4 rings (SSSR count).